The molecule has 25 heavy (non-hydrogen) atoms. The number of aromatic nitrogens is 4. The number of nitrogens with zero attached hydrogens (tertiary/aromatic N) is 4. The topological polar surface area (TPSA) is 55.6 Å². The molecule has 0 unspecified atom stereocenters. The second kappa shape index (κ2) is 7.47. The van der Waals surface area contributed by atoms with Gasteiger partial charge in [0.05, 0.1) is 29.5 Å². The van der Waals surface area contributed by atoms with E-state index in [4.69, 9.17) is 0 Å². The highest BCUT2D eigenvalue weighted by Gasteiger charge is 2.09. The van der Waals surface area contributed by atoms with Crippen molar-refractivity contribution in [3.8, 4) is 16.9 Å². The molecule has 0 saturated carbocycles. The highest BCUT2D eigenvalue weighted by Crippen LogP contribution is 2.24. The van der Waals surface area contributed by atoms with Gasteiger partial charge in [-0.1, -0.05) is 13.3 Å². The molecule has 5 nitrogen and oxygen atoms in total. The van der Waals surface area contributed by atoms with Gasteiger partial charge in [0.1, 0.15) is 0 Å². The second-order valence-corrected chi connectivity index (χ2v) is 6.62. The summed E-state index contributed by atoms with van der Waals surface area (Å²) < 4.78 is 1.89. The molecule has 0 bridgehead atoms. The fourth-order valence-electron chi connectivity index (χ4n) is 2.88. The summed E-state index contributed by atoms with van der Waals surface area (Å²) in [5.74, 6) is 0. The van der Waals surface area contributed by atoms with Crippen molar-refractivity contribution < 1.29 is 0 Å². The Kier molecular flexibility index (Phi) is 5.12. The van der Waals surface area contributed by atoms with Crippen molar-refractivity contribution in [2.24, 2.45) is 0 Å². The van der Waals surface area contributed by atoms with E-state index >= 15 is 0 Å². The fraction of sp³-hybridized carbons (Fsp3) is 0.350. The molecule has 1 N–H and O–H groups in total. The van der Waals surface area contributed by atoms with Crippen molar-refractivity contribution in [2.45, 2.75) is 46.6 Å². The first kappa shape index (κ1) is 17.1. The van der Waals surface area contributed by atoms with Gasteiger partial charge in [0.2, 0.25) is 0 Å². The molecule has 0 aliphatic carbocycles. The number of anilines is 1. The molecule has 0 radical (unpaired) electrons. The van der Waals surface area contributed by atoms with E-state index in [1.165, 1.54) is 0 Å². The van der Waals surface area contributed by atoms with Crippen LogP contribution in [-0.4, -0.2) is 25.8 Å². The molecule has 3 aromatic rings. The van der Waals surface area contributed by atoms with Gasteiger partial charge in [-0.2, -0.15) is 5.10 Å². The normalized spacial score (nSPS) is 11.1. The van der Waals surface area contributed by atoms with Gasteiger partial charge >= 0.3 is 0 Å². The lowest BCUT2D eigenvalue weighted by atomic mass is 10.1. The van der Waals surface area contributed by atoms with Gasteiger partial charge in [0.15, 0.2) is 0 Å². The highest BCUT2D eigenvalue weighted by molar-refractivity contribution is 5.64. The largest absolute Gasteiger partial charge is 0.382 e. The number of nitrogens with one attached hydrogen (secondary N) is 1. The van der Waals surface area contributed by atoms with E-state index in [0.717, 1.165) is 46.7 Å². The summed E-state index contributed by atoms with van der Waals surface area (Å²) in [5.41, 5.74) is 6.27. The number of rotatable bonds is 6. The van der Waals surface area contributed by atoms with Gasteiger partial charge in [-0.05, 0) is 51.0 Å². The second-order valence-electron chi connectivity index (χ2n) is 6.62. The number of hydrogen-bond acceptors (Lipinski definition) is 4. The lowest BCUT2D eigenvalue weighted by molar-refractivity contribution is 0.848. The van der Waals surface area contributed by atoms with E-state index in [1.54, 1.807) is 0 Å². The average Bonchev–Trinajstić information content (AvgIpc) is 3.05. The maximum Gasteiger partial charge on any atom is 0.0764 e. The minimum Gasteiger partial charge on any atom is -0.382 e. The molecule has 0 atom stereocenters. The molecule has 0 fully saturated rings. The molecule has 130 valence electrons. The first-order chi connectivity index (χ1) is 12.1. The van der Waals surface area contributed by atoms with Crippen LogP contribution in [0, 0.1) is 6.92 Å². The monoisotopic (exact) mass is 335 g/mol. The van der Waals surface area contributed by atoms with Crippen LogP contribution in [0.25, 0.3) is 16.9 Å². The van der Waals surface area contributed by atoms with Crippen LogP contribution in [0.1, 0.15) is 38.4 Å². The zero-order valence-corrected chi connectivity index (χ0v) is 15.3. The maximum absolute atomic E-state index is 4.63. The Balaban J connectivity index is 1.87. The van der Waals surface area contributed by atoms with Crippen LogP contribution in [-0.2, 0) is 6.42 Å². The Morgan fingerprint density at radius 3 is 2.72 bits per heavy atom. The summed E-state index contributed by atoms with van der Waals surface area (Å²) in [4.78, 5) is 9.03. The van der Waals surface area contributed by atoms with Gasteiger partial charge in [-0.3, -0.25) is 9.97 Å². The van der Waals surface area contributed by atoms with Crippen LogP contribution in [0.5, 0.6) is 0 Å². The van der Waals surface area contributed by atoms with Gasteiger partial charge in [-0.15, -0.1) is 0 Å². The van der Waals surface area contributed by atoms with Gasteiger partial charge in [0.25, 0.3) is 0 Å². The molecule has 0 amide bonds. The molecule has 3 rings (SSSR count). The van der Waals surface area contributed by atoms with Crippen molar-refractivity contribution in [2.75, 3.05) is 5.32 Å². The van der Waals surface area contributed by atoms with Gasteiger partial charge < -0.3 is 5.32 Å². The Labute approximate surface area is 149 Å². The van der Waals surface area contributed by atoms with E-state index in [1.807, 2.05) is 35.5 Å². The molecule has 5 heteroatoms. The van der Waals surface area contributed by atoms with Crippen molar-refractivity contribution in [1.82, 2.24) is 19.7 Å². The van der Waals surface area contributed by atoms with Gasteiger partial charge in [0, 0.05) is 29.7 Å². The minimum atomic E-state index is 0.388. The van der Waals surface area contributed by atoms with Crippen LogP contribution in [0.4, 0.5) is 5.69 Å². The average molecular weight is 335 g/mol. The van der Waals surface area contributed by atoms with Crippen molar-refractivity contribution in [1.29, 1.82) is 0 Å². The molecule has 0 aliphatic heterocycles. The third-order valence-electron chi connectivity index (χ3n) is 3.96. The van der Waals surface area contributed by atoms with E-state index in [2.05, 4.69) is 60.2 Å². The smallest absolute Gasteiger partial charge is 0.0764 e. The lowest BCUT2D eigenvalue weighted by Gasteiger charge is -2.11. The molecule has 3 heterocycles. The number of pyridine rings is 2. The number of hydrogen-bond donors (Lipinski definition) is 1. The first-order valence-electron chi connectivity index (χ1n) is 8.80. The zero-order chi connectivity index (χ0) is 17.8. The SMILES string of the molecule is CCCc1cc(-n2cc(-c3ncc(NC(C)C)cc3C)cn2)ccn1. The van der Waals surface area contributed by atoms with E-state index < -0.39 is 0 Å². The Bertz CT molecular complexity index is 851. The Morgan fingerprint density at radius 2 is 2.00 bits per heavy atom. The molecule has 0 aliphatic rings. The van der Waals surface area contributed by atoms with Crippen molar-refractivity contribution in [3.63, 3.8) is 0 Å². The van der Waals surface area contributed by atoms with E-state index in [9.17, 15) is 0 Å². The molecule has 3 aromatic heterocycles. The van der Waals surface area contributed by atoms with Gasteiger partial charge in [-0.25, -0.2) is 4.68 Å². The predicted molar refractivity (Wildman–Crippen MR) is 102 cm³/mol. The third-order valence-corrected chi connectivity index (χ3v) is 3.96. The quantitative estimate of drug-likeness (QED) is 0.725. The summed E-state index contributed by atoms with van der Waals surface area (Å²) in [6, 6.07) is 6.59. The van der Waals surface area contributed by atoms with Crippen molar-refractivity contribution >= 4 is 5.69 Å². The molecule has 0 spiro atoms. The summed E-state index contributed by atoms with van der Waals surface area (Å²) in [7, 11) is 0. The van der Waals surface area contributed by atoms with E-state index in [-0.39, 0.29) is 0 Å². The molecule has 0 aromatic carbocycles. The standard InChI is InChI=1S/C20H25N5/c1-5-6-17-10-19(7-8-21-17)25-13-16(11-23-25)20-15(4)9-18(12-22-20)24-14(2)3/h7-14,24H,5-6H2,1-4H3. The van der Waals surface area contributed by atoms with Crippen LogP contribution >= 0.6 is 0 Å². The summed E-state index contributed by atoms with van der Waals surface area (Å²) in [5, 5.41) is 7.89. The molecule has 0 saturated heterocycles. The summed E-state index contributed by atoms with van der Waals surface area (Å²) >= 11 is 0. The first-order valence-corrected chi connectivity index (χ1v) is 8.80. The van der Waals surface area contributed by atoms with Crippen LogP contribution in [0.2, 0.25) is 0 Å². The van der Waals surface area contributed by atoms with Crippen molar-refractivity contribution in [3.05, 3.63) is 54.2 Å². The lowest BCUT2D eigenvalue weighted by Crippen LogP contribution is -2.10. The summed E-state index contributed by atoms with van der Waals surface area (Å²) in [6.45, 7) is 8.48. The Hall–Kier alpha value is -2.69. The van der Waals surface area contributed by atoms with Crippen LogP contribution in [0.3, 0.4) is 0 Å². The van der Waals surface area contributed by atoms with Crippen LogP contribution < -0.4 is 5.32 Å². The molecular formula is C20H25N5. The van der Waals surface area contributed by atoms with Crippen LogP contribution in [0.15, 0.2) is 43.0 Å². The predicted octanol–water partition coefficient (Wildman–Crippen LogP) is 4.41. The number of aryl methyl sites for hydroxylation is 2. The zero-order valence-electron chi connectivity index (χ0n) is 15.3. The highest BCUT2D eigenvalue weighted by atomic mass is 15.3. The minimum absolute atomic E-state index is 0.388. The molecular weight excluding hydrogens is 310 g/mol. The third kappa shape index (κ3) is 4.05. The summed E-state index contributed by atoms with van der Waals surface area (Å²) in [6.07, 6.45) is 9.68. The van der Waals surface area contributed by atoms with E-state index in [0.29, 0.717) is 6.04 Å². The maximum atomic E-state index is 4.63. The Morgan fingerprint density at radius 1 is 1.16 bits per heavy atom. The fourth-order valence-corrected chi connectivity index (χ4v) is 2.88.